The van der Waals surface area contributed by atoms with Crippen LogP contribution in [-0.2, 0) is 4.79 Å². The van der Waals surface area contributed by atoms with Gasteiger partial charge in [-0.25, -0.2) is 0 Å². The minimum absolute atomic E-state index is 0.0240. The third kappa shape index (κ3) is 3.59. The summed E-state index contributed by atoms with van der Waals surface area (Å²) in [7, 11) is 1.79. The lowest BCUT2D eigenvalue weighted by Gasteiger charge is -2.30. The van der Waals surface area contributed by atoms with Crippen molar-refractivity contribution in [3.8, 4) is 0 Å². The second-order valence-corrected chi connectivity index (χ2v) is 6.30. The van der Waals surface area contributed by atoms with E-state index in [-0.39, 0.29) is 24.5 Å². The summed E-state index contributed by atoms with van der Waals surface area (Å²) < 4.78 is 5.85. The number of nitrogens with zero attached hydrogens (tertiary/aromatic N) is 1. The third-order valence-electron chi connectivity index (χ3n) is 4.64. The Morgan fingerprint density at radius 3 is 2.48 bits per heavy atom. The lowest BCUT2D eigenvalue weighted by atomic mass is 10.00. The van der Waals surface area contributed by atoms with Crippen LogP contribution >= 0.6 is 0 Å². The Kier molecular flexibility index (Phi) is 5.19. The molecule has 1 heterocycles. The number of aliphatic hydroxyl groups is 1. The first-order valence-corrected chi connectivity index (χ1v) is 8.52. The van der Waals surface area contributed by atoms with Gasteiger partial charge in [-0.05, 0) is 31.0 Å². The minimum atomic E-state index is -0.387. The van der Waals surface area contributed by atoms with Gasteiger partial charge in [-0.2, -0.15) is 0 Å². The van der Waals surface area contributed by atoms with Gasteiger partial charge in [0.05, 0.1) is 12.0 Å². The predicted molar refractivity (Wildman–Crippen MR) is 98.3 cm³/mol. The van der Waals surface area contributed by atoms with Gasteiger partial charge in [0, 0.05) is 19.0 Å². The van der Waals surface area contributed by atoms with Crippen LogP contribution in [0.5, 0.6) is 0 Å². The number of carbonyl (C=O) groups is 1. The first-order chi connectivity index (χ1) is 12.1. The van der Waals surface area contributed by atoms with E-state index in [1.165, 1.54) is 0 Å². The molecule has 0 aliphatic heterocycles. The molecule has 3 rings (SSSR count). The van der Waals surface area contributed by atoms with E-state index in [0.29, 0.717) is 12.2 Å². The quantitative estimate of drug-likeness (QED) is 0.736. The molecule has 2 atom stereocenters. The molecule has 1 N–H and O–H groups in total. The van der Waals surface area contributed by atoms with Crippen LogP contribution in [0, 0.1) is 0 Å². The van der Waals surface area contributed by atoms with E-state index in [2.05, 4.69) is 0 Å². The molecule has 4 nitrogen and oxygen atoms in total. The fraction of sp³-hybridized carbons (Fsp3) is 0.286. The molecule has 2 unspecified atom stereocenters. The molecule has 0 saturated heterocycles. The Hall–Kier alpha value is -2.59. The molecule has 0 fully saturated rings. The molecule has 0 spiro atoms. The van der Waals surface area contributed by atoms with E-state index in [1.807, 2.05) is 67.6 Å². The maximum absolute atomic E-state index is 13.0. The molecule has 0 bridgehead atoms. The summed E-state index contributed by atoms with van der Waals surface area (Å²) in [6.45, 7) is 1.88. The molecule has 0 aliphatic carbocycles. The average molecular weight is 337 g/mol. The van der Waals surface area contributed by atoms with Crippen molar-refractivity contribution in [2.45, 2.75) is 25.3 Å². The normalized spacial score (nSPS) is 13.6. The van der Waals surface area contributed by atoms with E-state index in [0.717, 1.165) is 16.5 Å². The van der Waals surface area contributed by atoms with Crippen molar-refractivity contribution in [3.05, 3.63) is 72.0 Å². The number of amides is 1. The van der Waals surface area contributed by atoms with Crippen molar-refractivity contribution in [1.29, 1.82) is 0 Å². The Morgan fingerprint density at radius 1 is 1.12 bits per heavy atom. The van der Waals surface area contributed by atoms with Crippen LogP contribution in [-0.4, -0.2) is 29.6 Å². The second kappa shape index (κ2) is 7.53. The summed E-state index contributed by atoms with van der Waals surface area (Å²) in [6, 6.07) is 19.3. The van der Waals surface area contributed by atoms with Gasteiger partial charge in [-0.3, -0.25) is 4.79 Å². The Bertz CT molecular complexity index is 807. The molecule has 130 valence electrons. The van der Waals surface area contributed by atoms with E-state index < -0.39 is 0 Å². The van der Waals surface area contributed by atoms with Crippen LogP contribution < -0.4 is 0 Å². The van der Waals surface area contributed by atoms with E-state index >= 15 is 0 Å². The molecule has 4 heteroatoms. The fourth-order valence-corrected chi connectivity index (χ4v) is 3.18. The van der Waals surface area contributed by atoms with Crippen LogP contribution in [0.25, 0.3) is 11.0 Å². The first kappa shape index (κ1) is 17.2. The van der Waals surface area contributed by atoms with Crippen molar-refractivity contribution in [1.82, 2.24) is 4.90 Å². The number of carbonyl (C=O) groups excluding carboxylic acids is 1. The highest BCUT2D eigenvalue weighted by Crippen LogP contribution is 2.30. The number of fused-ring (bicyclic) bond motifs is 1. The zero-order valence-corrected chi connectivity index (χ0v) is 14.6. The number of aliphatic hydroxyl groups excluding tert-OH is 1. The van der Waals surface area contributed by atoms with Crippen LogP contribution in [0.15, 0.2) is 65.1 Å². The summed E-state index contributed by atoms with van der Waals surface area (Å²) >= 11 is 0. The Labute approximate surface area is 147 Å². The van der Waals surface area contributed by atoms with Crippen molar-refractivity contribution < 1.29 is 14.3 Å². The lowest BCUT2D eigenvalue weighted by Crippen LogP contribution is -2.34. The van der Waals surface area contributed by atoms with Gasteiger partial charge < -0.3 is 14.4 Å². The highest BCUT2D eigenvalue weighted by molar-refractivity contribution is 5.85. The van der Waals surface area contributed by atoms with Gasteiger partial charge in [-0.1, -0.05) is 48.5 Å². The zero-order valence-electron chi connectivity index (χ0n) is 14.6. The van der Waals surface area contributed by atoms with Crippen LogP contribution in [0.1, 0.15) is 36.6 Å². The molecule has 0 radical (unpaired) electrons. The number of furan rings is 1. The highest BCUT2D eigenvalue weighted by Gasteiger charge is 2.28. The van der Waals surface area contributed by atoms with Gasteiger partial charge in [0.15, 0.2) is 0 Å². The van der Waals surface area contributed by atoms with Gasteiger partial charge in [0.2, 0.25) is 5.91 Å². The molecule has 25 heavy (non-hydrogen) atoms. The van der Waals surface area contributed by atoms with Crippen molar-refractivity contribution in [2.75, 3.05) is 13.7 Å². The molecule has 1 aromatic heterocycles. The fourth-order valence-electron chi connectivity index (χ4n) is 3.18. The third-order valence-corrected chi connectivity index (χ3v) is 4.64. The minimum Gasteiger partial charge on any atom is -0.460 e. The number of hydrogen-bond donors (Lipinski definition) is 1. The molecular formula is C21H23NO3. The highest BCUT2D eigenvalue weighted by atomic mass is 16.3. The molecule has 0 aliphatic rings. The summed E-state index contributed by atoms with van der Waals surface area (Å²) in [4.78, 5) is 14.7. The SMILES string of the molecule is CC(C(=O)N(C)C(CCO)c1ccccc1)c1cc2ccccc2o1. The number of rotatable bonds is 6. The van der Waals surface area contributed by atoms with Crippen LogP contribution in [0.4, 0.5) is 0 Å². The number of benzene rings is 2. The number of hydrogen-bond acceptors (Lipinski definition) is 3. The number of para-hydroxylation sites is 1. The zero-order chi connectivity index (χ0) is 17.8. The molecule has 1 amide bonds. The monoisotopic (exact) mass is 337 g/mol. The lowest BCUT2D eigenvalue weighted by molar-refractivity contribution is -0.134. The summed E-state index contributed by atoms with van der Waals surface area (Å²) in [5, 5.41) is 10.4. The van der Waals surface area contributed by atoms with E-state index in [4.69, 9.17) is 4.42 Å². The van der Waals surface area contributed by atoms with E-state index in [9.17, 15) is 9.90 Å². The van der Waals surface area contributed by atoms with Crippen molar-refractivity contribution >= 4 is 16.9 Å². The van der Waals surface area contributed by atoms with Crippen molar-refractivity contribution in [3.63, 3.8) is 0 Å². The maximum Gasteiger partial charge on any atom is 0.233 e. The second-order valence-electron chi connectivity index (χ2n) is 6.30. The van der Waals surface area contributed by atoms with E-state index in [1.54, 1.807) is 11.9 Å². The van der Waals surface area contributed by atoms with Gasteiger partial charge in [0.25, 0.3) is 0 Å². The van der Waals surface area contributed by atoms with Gasteiger partial charge in [-0.15, -0.1) is 0 Å². The van der Waals surface area contributed by atoms with Crippen molar-refractivity contribution in [2.24, 2.45) is 0 Å². The topological polar surface area (TPSA) is 53.7 Å². The van der Waals surface area contributed by atoms with Gasteiger partial charge in [0.1, 0.15) is 11.3 Å². The summed E-state index contributed by atoms with van der Waals surface area (Å²) in [6.07, 6.45) is 0.499. The standard InChI is InChI=1S/C21H23NO3/c1-15(20-14-17-10-6-7-11-19(17)25-20)21(24)22(2)18(12-13-23)16-8-4-3-5-9-16/h3-11,14-15,18,23H,12-13H2,1-2H3. The molecule has 0 saturated carbocycles. The Morgan fingerprint density at radius 2 is 1.80 bits per heavy atom. The largest absolute Gasteiger partial charge is 0.460 e. The molecule has 3 aromatic rings. The van der Waals surface area contributed by atoms with Gasteiger partial charge >= 0.3 is 0 Å². The average Bonchev–Trinajstić information content (AvgIpc) is 3.09. The molecule has 2 aromatic carbocycles. The first-order valence-electron chi connectivity index (χ1n) is 8.52. The summed E-state index contributed by atoms with van der Waals surface area (Å²) in [5.41, 5.74) is 1.80. The number of likely N-dealkylation sites (N-methyl/N-ethyl adjacent to an activating group) is 1. The maximum atomic E-state index is 13.0. The summed E-state index contributed by atoms with van der Waals surface area (Å²) in [5.74, 6) is 0.248. The predicted octanol–water partition coefficient (Wildman–Crippen LogP) is 4.12. The van der Waals surface area contributed by atoms with Crippen LogP contribution in [0.2, 0.25) is 0 Å². The smallest absolute Gasteiger partial charge is 0.233 e. The molecular weight excluding hydrogens is 314 g/mol. The van der Waals surface area contributed by atoms with Crippen LogP contribution in [0.3, 0.4) is 0 Å². The Balaban J connectivity index is 1.84.